The molecule has 0 rings (SSSR count). The SMILES string of the molecule is CCCCCCCC/C=C\CCCCCCCC(=O)OCCCCCCCCCCCCCCCCCCCCCCCCCCCCCCC(=O)NC(CO)C(O)/C=C/CCCCCCCCCCCCCCCCCCCCCCCCC. The van der Waals surface area contributed by atoms with E-state index in [0.29, 0.717) is 19.4 Å². The molecule has 0 aromatic carbocycles. The van der Waals surface area contributed by atoms with Crippen molar-refractivity contribution in [2.45, 2.75) is 456 Å². The fraction of sp³-hybridized carbons (Fsp3) is 0.924. The van der Waals surface area contributed by atoms with Gasteiger partial charge in [0, 0.05) is 12.8 Å². The van der Waals surface area contributed by atoms with Gasteiger partial charge in [0.05, 0.1) is 25.4 Å². The van der Waals surface area contributed by atoms with E-state index in [0.717, 1.165) is 44.9 Å². The number of rotatable bonds is 74. The van der Waals surface area contributed by atoms with Crippen molar-refractivity contribution in [3.63, 3.8) is 0 Å². The summed E-state index contributed by atoms with van der Waals surface area (Å²) in [6.07, 6.45) is 95.8. The zero-order valence-corrected chi connectivity index (χ0v) is 57.9. The van der Waals surface area contributed by atoms with Gasteiger partial charge in [-0.15, -0.1) is 0 Å². The molecule has 0 aliphatic heterocycles. The van der Waals surface area contributed by atoms with Gasteiger partial charge in [-0.2, -0.15) is 0 Å². The van der Waals surface area contributed by atoms with Crippen molar-refractivity contribution in [1.82, 2.24) is 5.32 Å². The highest BCUT2D eigenvalue weighted by Gasteiger charge is 2.18. The van der Waals surface area contributed by atoms with Gasteiger partial charge in [-0.05, 0) is 57.8 Å². The first-order valence-electron chi connectivity index (χ1n) is 39.1. The van der Waals surface area contributed by atoms with Crippen LogP contribution in [0.4, 0.5) is 0 Å². The van der Waals surface area contributed by atoms with Crippen LogP contribution in [-0.2, 0) is 14.3 Å². The second-order valence-electron chi connectivity index (χ2n) is 27.0. The molecule has 6 nitrogen and oxygen atoms in total. The Labute approximate surface area is 532 Å². The van der Waals surface area contributed by atoms with Crippen LogP contribution in [0.25, 0.3) is 0 Å². The molecule has 0 fully saturated rings. The van der Waals surface area contributed by atoms with E-state index in [9.17, 15) is 19.8 Å². The van der Waals surface area contributed by atoms with Crippen molar-refractivity contribution < 1.29 is 24.5 Å². The Morgan fingerprint density at radius 3 is 0.835 bits per heavy atom. The average molecular weight is 1200 g/mol. The van der Waals surface area contributed by atoms with Gasteiger partial charge in [0.25, 0.3) is 0 Å². The van der Waals surface area contributed by atoms with Crippen LogP contribution in [0.3, 0.4) is 0 Å². The van der Waals surface area contributed by atoms with E-state index < -0.39 is 12.1 Å². The van der Waals surface area contributed by atoms with Crippen LogP contribution in [0.1, 0.15) is 444 Å². The third-order valence-corrected chi connectivity index (χ3v) is 18.5. The monoisotopic (exact) mass is 1200 g/mol. The number of hydrogen-bond acceptors (Lipinski definition) is 5. The first-order valence-corrected chi connectivity index (χ1v) is 39.1. The van der Waals surface area contributed by atoms with Crippen LogP contribution in [0.15, 0.2) is 24.3 Å². The van der Waals surface area contributed by atoms with Crippen molar-refractivity contribution in [3.05, 3.63) is 24.3 Å². The van der Waals surface area contributed by atoms with Crippen molar-refractivity contribution in [1.29, 1.82) is 0 Å². The van der Waals surface area contributed by atoms with Crippen LogP contribution < -0.4 is 5.32 Å². The number of allylic oxidation sites excluding steroid dienone is 3. The molecule has 0 aromatic heterocycles. The molecule has 0 aliphatic carbocycles. The number of aliphatic hydroxyl groups is 2. The summed E-state index contributed by atoms with van der Waals surface area (Å²) in [7, 11) is 0. The molecule has 2 atom stereocenters. The van der Waals surface area contributed by atoms with Crippen molar-refractivity contribution in [2.24, 2.45) is 0 Å². The van der Waals surface area contributed by atoms with E-state index in [2.05, 4.69) is 31.3 Å². The normalized spacial score (nSPS) is 12.6. The summed E-state index contributed by atoms with van der Waals surface area (Å²) in [6, 6.07) is -0.627. The number of hydrogen-bond donors (Lipinski definition) is 3. The van der Waals surface area contributed by atoms with E-state index in [1.165, 1.54) is 372 Å². The van der Waals surface area contributed by atoms with E-state index in [-0.39, 0.29) is 18.5 Å². The lowest BCUT2D eigenvalue weighted by Gasteiger charge is -2.20. The summed E-state index contributed by atoms with van der Waals surface area (Å²) in [5.74, 6) is -0.0479. The molecule has 0 aliphatic rings. The highest BCUT2D eigenvalue weighted by atomic mass is 16.5. The fourth-order valence-corrected chi connectivity index (χ4v) is 12.5. The summed E-state index contributed by atoms with van der Waals surface area (Å²) in [5.41, 5.74) is 0. The number of amides is 1. The molecule has 0 spiro atoms. The number of unbranched alkanes of at least 4 members (excludes halogenated alkanes) is 61. The molecule has 6 heteroatoms. The van der Waals surface area contributed by atoms with Gasteiger partial charge in [0.15, 0.2) is 0 Å². The van der Waals surface area contributed by atoms with Crippen molar-refractivity contribution in [3.8, 4) is 0 Å². The third kappa shape index (κ3) is 71.3. The molecule has 0 aromatic rings. The first-order chi connectivity index (χ1) is 42.0. The van der Waals surface area contributed by atoms with Gasteiger partial charge >= 0.3 is 5.97 Å². The molecule has 0 saturated heterocycles. The molecule has 0 bridgehead atoms. The van der Waals surface area contributed by atoms with Gasteiger partial charge in [-0.3, -0.25) is 9.59 Å². The average Bonchev–Trinajstić information content (AvgIpc) is 3.51. The van der Waals surface area contributed by atoms with E-state index in [1.807, 2.05) is 6.08 Å². The van der Waals surface area contributed by atoms with E-state index in [1.54, 1.807) is 6.08 Å². The van der Waals surface area contributed by atoms with Crippen molar-refractivity contribution >= 4 is 11.9 Å². The predicted molar refractivity (Wildman–Crippen MR) is 375 cm³/mol. The minimum absolute atomic E-state index is 0.0116. The standard InChI is InChI=1S/C79H153NO5/c1-3-5-7-9-11-13-15-17-19-20-21-22-23-28-31-34-37-40-44-47-51-55-59-63-67-71-77(82)76(75-81)80-78(83)72-68-64-60-56-52-48-45-41-38-35-32-29-26-24-25-27-30-33-36-39-42-46-50-54-58-62-66-70-74-85-79(84)73-69-65-61-57-53-49-43-18-16-14-12-10-8-6-4-2/h18,43,67,71,76-77,81-82H,3-17,19-42,44-66,68-70,72-75H2,1-2H3,(H,80,83)/b43-18-,71-67+. The Hall–Kier alpha value is -1.66. The van der Waals surface area contributed by atoms with Crippen LogP contribution in [0.2, 0.25) is 0 Å². The predicted octanol–water partition coefficient (Wildman–Crippen LogP) is 25.7. The maximum absolute atomic E-state index is 12.6. The zero-order chi connectivity index (χ0) is 61.3. The third-order valence-electron chi connectivity index (χ3n) is 18.5. The Morgan fingerprint density at radius 2 is 0.553 bits per heavy atom. The van der Waals surface area contributed by atoms with Crippen LogP contribution in [-0.4, -0.2) is 47.4 Å². The molecule has 3 N–H and O–H groups in total. The topological polar surface area (TPSA) is 95.9 Å². The highest BCUT2D eigenvalue weighted by Crippen LogP contribution is 2.20. The fourth-order valence-electron chi connectivity index (χ4n) is 12.5. The molecule has 504 valence electrons. The first kappa shape index (κ1) is 83.3. The van der Waals surface area contributed by atoms with E-state index >= 15 is 0 Å². The summed E-state index contributed by atoms with van der Waals surface area (Å²) >= 11 is 0. The molecule has 0 saturated carbocycles. The van der Waals surface area contributed by atoms with Gasteiger partial charge in [0.1, 0.15) is 0 Å². The second-order valence-corrected chi connectivity index (χ2v) is 27.0. The van der Waals surface area contributed by atoms with Gasteiger partial charge in [-0.1, -0.05) is 398 Å². The number of nitrogens with one attached hydrogen (secondary N) is 1. The summed E-state index contributed by atoms with van der Waals surface area (Å²) in [6.45, 7) is 4.95. The minimum Gasteiger partial charge on any atom is -0.466 e. The largest absolute Gasteiger partial charge is 0.466 e. The number of carbonyl (C=O) groups excluding carboxylic acids is 2. The summed E-state index contributed by atoms with van der Waals surface area (Å²) in [5, 5.41) is 23.3. The maximum atomic E-state index is 12.6. The molecule has 85 heavy (non-hydrogen) atoms. The van der Waals surface area contributed by atoms with Crippen LogP contribution in [0, 0.1) is 0 Å². The lowest BCUT2D eigenvalue weighted by atomic mass is 10.0. The maximum Gasteiger partial charge on any atom is 0.305 e. The Balaban J connectivity index is 3.37. The molecule has 1 amide bonds. The highest BCUT2D eigenvalue weighted by molar-refractivity contribution is 5.76. The zero-order valence-electron chi connectivity index (χ0n) is 57.9. The van der Waals surface area contributed by atoms with Gasteiger partial charge in [0.2, 0.25) is 5.91 Å². The van der Waals surface area contributed by atoms with Crippen molar-refractivity contribution in [2.75, 3.05) is 13.2 Å². The lowest BCUT2D eigenvalue weighted by Crippen LogP contribution is -2.45. The summed E-state index contributed by atoms with van der Waals surface area (Å²) < 4.78 is 5.50. The quantitative estimate of drug-likeness (QED) is 0.0320. The summed E-state index contributed by atoms with van der Waals surface area (Å²) in [4.78, 5) is 24.6. The number of ether oxygens (including phenoxy) is 1. The molecular weight excluding hydrogens is 1040 g/mol. The van der Waals surface area contributed by atoms with Gasteiger partial charge in [-0.25, -0.2) is 0 Å². The lowest BCUT2D eigenvalue weighted by molar-refractivity contribution is -0.143. The number of aliphatic hydroxyl groups excluding tert-OH is 2. The second kappa shape index (κ2) is 74.8. The molecule has 2 unspecified atom stereocenters. The van der Waals surface area contributed by atoms with Crippen LogP contribution in [0.5, 0.6) is 0 Å². The Morgan fingerprint density at radius 1 is 0.318 bits per heavy atom. The Bertz CT molecular complexity index is 1330. The van der Waals surface area contributed by atoms with Gasteiger partial charge < -0.3 is 20.3 Å². The van der Waals surface area contributed by atoms with E-state index in [4.69, 9.17) is 4.74 Å². The van der Waals surface area contributed by atoms with Crippen LogP contribution >= 0.6 is 0 Å². The number of carbonyl (C=O) groups is 2. The molecule has 0 radical (unpaired) electrons. The minimum atomic E-state index is -0.844. The number of esters is 1. The Kier molecular flexibility index (Phi) is 73.3. The smallest absolute Gasteiger partial charge is 0.305 e. The molecule has 0 heterocycles. The molecular formula is C79H153NO5.